The highest BCUT2D eigenvalue weighted by Gasteiger charge is 2.24. The van der Waals surface area contributed by atoms with Crippen molar-refractivity contribution in [2.45, 2.75) is 13.8 Å². The monoisotopic (exact) mass is 300 g/mol. The smallest absolute Gasteiger partial charge is 0.331 e. The van der Waals surface area contributed by atoms with Crippen molar-refractivity contribution >= 4 is 23.3 Å². The molecule has 0 radical (unpaired) electrons. The summed E-state index contributed by atoms with van der Waals surface area (Å²) < 4.78 is 26.7. The summed E-state index contributed by atoms with van der Waals surface area (Å²) in [4.78, 5) is 32.2. The first-order chi connectivity index (χ1) is 9.66. The Morgan fingerprint density at radius 2 is 1.81 bits per heavy atom. The fourth-order valence-corrected chi connectivity index (χ4v) is 1.35. The van der Waals surface area contributed by atoms with E-state index in [1.165, 1.54) is 0 Å². The number of nitro benzene ring substituents is 1. The highest BCUT2D eigenvalue weighted by Crippen LogP contribution is 2.29. The second kappa shape index (κ2) is 6.07. The van der Waals surface area contributed by atoms with Crippen LogP contribution in [0, 0.1) is 21.7 Å². The number of nitrogens with zero attached hydrogens (tertiary/aromatic N) is 1. The number of carboxylic acids is 1. The molecular weight excluding hydrogens is 290 g/mol. The number of carbonyl (C=O) groups excluding carboxylic acids is 1. The highest BCUT2D eigenvalue weighted by molar-refractivity contribution is 6.08. The van der Waals surface area contributed by atoms with Gasteiger partial charge in [-0.15, -0.1) is 0 Å². The summed E-state index contributed by atoms with van der Waals surface area (Å²) in [6.07, 6.45) is 0. The maximum absolute atomic E-state index is 13.6. The second-order valence-electron chi connectivity index (χ2n) is 4.02. The lowest BCUT2D eigenvalue weighted by atomic mass is 10.1. The van der Waals surface area contributed by atoms with E-state index in [4.69, 9.17) is 5.11 Å². The number of rotatable bonds is 4. The van der Waals surface area contributed by atoms with Crippen LogP contribution in [-0.2, 0) is 9.59 Å². The van der Waals surface area contributed by atoms with Crippen LogP contribution in [0.25, 0.3) is 0 Å². The van der Waals surface area contributed by atoms with Crippen molar-refractivity contribution in [3.63, 3.8) is 0 Å². The van der Waals surface area contributed by atoms with Crippen LogP contribution >= 0.6 is 0 Å². The van der Waals surface area contributed by atoms with E-state index >= 15 is 0 Å². The fourth-order valence-electron chi connectivity index (χ4n) is 1.35. The van der Waals surface area contributed by atoms with Gasteiger partial charge in [-0.1, -0.05) is 0 Å². The van der Waals surface area contributed by atoms with E-state index in [2.05, 4.69) is 0 Å². The van der Waals surface area contributed by atoms with Gasteiger partial charge >= 0.3 is 5.97 Å². The van der Waals surface area contributed by atoms with Crippen molar-refractivity contribution in [1.82, 2.24) is 0 Å². The molecule has 1 aromatic carbocycles. The lowest BCUT2D eigenvalue weighted by Gasteiger charge is -2.09. The lowest BCUT2D eigenvalue weighted by Crippen LogP contribution is -2.18. The zero-order chi connectivity index (χ0) is 16.3. The first kappa shape index (κ1) is 16.2. The minimum Gasteiger partial charge on any atom is -0.478 e. The van der Waals surface area contributed by atoms with E-state index < -0.39 is 39.8 Å². The van der Waals surface area contributed by atoms with Crippen LogP contribution in [0.5, 0.6) is 0 Å². The summed E-state index contributed by atoms with van der Waals surface area (Å²) in [5.41, 5.74) is -2.42. The normalized spacial score (nSPS) is 11.6. The van der Waals surface area contributed by atoms with E-state index in [0.717, 1.165) is 13.8 Å². The number of amides is 1. The van der Waals surface area contributed by atoms with E-state index in [1.54, 1.807) is 0 Å². The largest absolute Gasteiger partial charge is 0.478 e. The van der Waals surface area contributed by atoms with E-state index in [0.29, 0.717) is 12.1 Å². The van der Waals surface area contributed by atoms with Crippen LogP contribution in [0.4, 0.5) is 20.2 Å². The Kier molecular flexibility index (Phi) is 4.69. The van der Waals surface area contributed by atoms with Gasteiger partial charge in [-0.05, 0) is 19.9 Å². The zero-order valence-corrected chi connectivity index (χ0v) is 10.9. The number of benzene rings is 1. The Bertz CT molecular complexity index is 670. The number of hydrogen-bond donors (Lipinski definition) is 2. The van der Waals surface area contributed by atoms with Gasteiger partial charge in [-0.2, -0.15) is 0 Å². The molecule has 0 bridgehead atoms. The molecule has 0 saturated carbocycles. The van der Waals surface area contributed by atoms with Crippen molar-refractivity contribution < 1.29 is 28.4 Å². The molecule has 0 fully saturated rings. The van der Waals surface area contributed by atoms with Gasteiger partial charge in [-0.3, -0.25) is 14.9 Å². The number of nitro groups is 1. The molecule has 1 rings (SSSR count). The minimum atomic E-state index is -1.60. The van der Waals surface area contributed by atoms with Gasteiger partial charge in [0.2, 0.25) is 0 Å². The number of hydrogen-bond acceptors (Lipinski definition) is 4. The standard InChI is InChI=1S/C12H10F2N2O5/c1-5(6(2)12(18)19)11(17)15-10-8(16(20)21)4-3-7(13)9(10)14/h3-4H,1-2H3,(H,15,17)(H,18,19)/b6-5+. The van der Waals surface area contributed by atoms with Crippen LogP contribution in [0.3, 0.4) is 0 Å². The molecule has 7 nitrogen and oxygen atoms in total. The van der Waals surface area contributed by atoms with Crippen LogP contribution in [-0.4, -0.2) is 21.9 Å². The fraction of sp³-hybridized carbons (Fsp3) is 0.167. The molecule has 0 atom stereocenters. The number of carboxylic acid groups (broad SMARTS) is 1. The van der Waals surface area contributed by atoms with Crippen LogP contribution in [0.15, 0.2) is 23.3 Å². The second-order valence-corrected chi connectivity index (χ2v) is 4.02. The average molecular weight is 300 g/mol. The molecule has 0 unspecified atom stereocenters. The predicted octanol–water partition coefficient (Wildman–Crippen LogP) is 2.23. The van der Waals surface area contributed by atoms with Gasteiger partial charge in [0.1, 0.15) is 0 Å². The van der Waals surface area contributed by atoms with Crippen LogP contribution in [0.2, 0.25) is 0 Å². The molecule has 0 aromatic heterocycles. The molecule has 112 valence electrons. The number of aliphatic carboxylic acids is 1. The molecule has 0 spiro atoms. The van der Waals surface area contributed by atoms with Gasteiger partial charge in [0.05, 0.1) is 4.92 Å². The highest BCUT2D eigenvalue weighted by atomic mass is 19.2. The molecule has 1 amide bonds. The van der Waals surface area contributed by atoms with Crippen molar-refractivity contribution in [2.75, 3.05) is 5.32 Å². The van der Waals surface area contributed by atoms with E-state index in [-0.39, 0.29) is 11.1 Å². The van der Waals surface area contributed by atoms with Crippen molar-refractivity contribution in [1.29, 1.82) is 0 Å². The van der Waals surface area contributed by atoms with Crippen molar-refractivity contribution in [3.8, 4) is 0 Å². The Labute approximate surface area is 117 Å². The van der Waals surface area contributed by atoms with E-state index in [1.807, 2.05) is 5.32 Å². The summed E-state index contributed by atoms with van der Waals surface area (Å²) in [7, 11) is 0. The Hall–Kier alpha value is -2.84. The SMILES string of the molecule is C/C(C(=O)O)=C(/C)C(=O)Nc1c([N+](=O)[O-])ccc(F)c1F. The molecule has 0 heterocycles. The predicted molar refractivity (Wildman–Crippen MR) is 67.7 cm³/mol. The topological polar surface area (TPSA) is 110 Å². The number of nitrogens with one attached hydrogen (secondary N) is 1. The lowest BCUT2D eigenvalue weighted by molar-refractivity contribution is -0.384. The third kappa shape index (κ3) is 3.38. The summed E-state index contributed by atoms with van der Waals surface area (Å²) >= 11 is 0. The summed E-state index contributed by atoms with van der Waals surface area (Å²) in [5, 5.41) is 21.3. The molecule has 0 aliphatic carbocycles. The van der Waals surface area contributed by atoms with Crippen LogP contribution in [0.1, 0.15) is 13.8 Å². The zero-order valence-electron chi connectivity index (χ0n) is 10.9. The Morgan fingerprint density at radius 1 is 1.24 bits per heavy atom. The van der Waals surface area contributed by atoms with Crippen molar-refractivity contribution in [3.05, 3.63) is 45.0 Å². The molecule has 2 N–H and O–H groups in total. The molecule has 9 heteroatoms. The summed E-state index contributed by atoms with van der Waals surface area (Å²) in [6.45, 7) is 2.27. The minimum absolute atomic E-state index is 0.291. The van der Waals surface area contributed by atoms with E-state index in [9.17, 15) is 28.5 Å². The Morgan fingerprint density at radius 3 is 2.29 bits per heavy atom. The molecular formula is C12H10F2N2O5. The molecule has 0 aliphatic rings. The maximum Gasteiger partial charge on any atom is 0.331 e. The first-order valence-corrected chi connectivity index (χ1v) is 5.51. The maximum atomic E-state index is 13.6. The van der Waals surface area contributed by atoms with Gasteiger partial charge in [0, 0.05) is 17.2 Å². The van der Waals surface area contributed by atoms with Gasteiger partial charge in [0.25, 0.3) is 11.6 Å². The molecule has 0 saturated heterocycles. The molecule has 1 aromatic rings. The van der Waals surface area contributed by atoms with Gasteiger partial charge in [-0.25, -0.2) is 13.6 Å². The third-order valence-electron chi connectivity index (χ3n) is 2.73. The van der Waals surface area contributed by atoms with Crippen LogP contribution < -0.4 is 5.32 Å². The number of carbonyl (C=O) groups is 2. The van der Waals surface area contributed by atoms with Crippen molar-refractivity contribution in [2.24, 2.45) is 0 Å². The van der Waals surface area contributed by atoms with Gasteiger partial charge < -0.3 is 10.4 Å². The number of halogens is 2. The quantitative estimate of drug-likeness (QED) is 0.503. The average Bonchev–Trinajstić information content (AvgIpc) is 2.41. The Balaban J connectivity index is 3.28. The number of anilines is 1. The molecule has 21 heavy (non-hydrogen) atoms. The van der Waals surface area contributed by atoms with Gasteiger partial charge in [0.15, 0.2) is 17.3 Å². The third-order valence-corrected chi connectivity index (χ3v) is 2.73. The molecule has 0 aliphatic heterocycles. The summed E-state index contributed by atoms with van der Waals surface area (Å²) in [6, 6.07) is 1.24. The first-order valence-electron chi connectivity index (χ1n) is 5.51. The summed E-state index contributed by atoms with van der Waals surface area (Å²) in [5.74, 6) is -5.44.